The van der Waals surface area contributed by atoms with Crippen molar-refractivity contribution >= 4 is 47.2 Å². The van der Waals surface area contributed by atoms with Crippen LogP contribution in [0.15, 0.2) is 46.8 Å². The summed E-state index contributed by atoms with van der Waals surface area (Å²) >= 11 is 1.45. The Hall–Kier alpha value is -1.61. The molecule has 0 aliphatic heterocycles. The molecule has 0 atom stereocenters. The molecular weight excluding hydrogens is 459 g/mol. The van der Waals surface area contributed by atoms with Crippen LogP contribution in [-0.2, 0) is 6.54 Å². The number of benzene rings is 1. The minimum atomic E-state index is -0.00468. The van der Waals surface area contributed by atoms with Gasteiger partial charge in [-0.15, -0.1) is 35.3 Å². The van der Waals surface area contributed by atoms with Crippen molar-refractivity contribution in [2.24, 2.45) is 4.99 Å². The van der Waals surface area contributed by atoms with Crippen LogP contribution in [0.2, 0.25) is 0 Å². The van der Waals surface area contributed by atoms with Crippen molar-refractivity contribution in [2.75, 3.05) is 19.6 Å². The second kappa shape index (κ2) is 12.7. The van der Waals surface area contributed by atoms with Gasteiger partial charge in [-0.1, -0.05) is 35.9 Å². The van der Waals surface area contributed by atoms with Crippen LogP contribution in [0.3, 0.4) is 0 Å². The van der Waals surface area contributed by atoms with Crippen molar-refractivity contribution in [3.63, 3.8) is 0 Å². The molecule has 0 radical (unpaired) electrons. The van der Waals surface area contributed by atoms with Crippen molar-refractivity contribution in [3.8, 4) is 0 Å². The molecule has 2 aromatic rings. The molecule has 7 heteroatoms. The normalized spacial score (nSPS) is 10.8. The van der Waals surface area contributed by atoms with E-state index in [1.807, 2.05) is 24.4 Å². The van der Waals surface area contributed by atoms with Gasteiger partial charge in [-0.25, -0.2) is 4.99 Å². The summed E-state index contributed by atoms with van der Waals surface area (Å²) in [6.45, 7) is 6.98. The molecule has 0 saturated heterocycles. The molecule has 2 rings (SSSR count). The quantitative estimate of drug-likeness (QED) is 0.232. The van der Waals surface area contributed by atoms with Gasteiger partial charge in [0.2, 0.25) is 0 Å². The molecule has 0 spiro atoms. The van der Waals surface area contributed by atoms with Crippen molar-refractivity contribution < 1.29 is 4.79 Å². The van der Waals surface area contributed by atoms with Gasteiger partial charge in [0.05, 0.1) is 11.4 Å². The Morgan fingerprint density at radius 2 is 1.81 bits per heavy atom. The van der Waals surface area contributed by atoms with Gasteiger partial charge in [-0.2, -0.15) is 0 Å². The smallest absolute Gasteiger partial charge is 0.261 e. The maximum absolute atomic E-state index is 11.8. The number of rotatable bonds is 8. The van der Waals surface area contributed by atoms with E-state index in [0.29, 0.717) is 13.1 Å². The number of nitrogens with one attached hydrogen (secondary N) is 3. The lowest BCUT2D eigenvalue weighted by Crippen LogP contribution is -2.38. The average molecular weight is 486 g/mol. The number of aliphatic imine (C=N–C) groups is 1. The molecule has 3 N–H and O–H groups in total. The molecule has 0 aliphatic carbocycles. The maximum Gasteiger partial charge on any atom is 0.261 e. The van der Waals surface area contributed by atoms with Crippen LogP contribution in [-0.4, -0.2) is 31.5 Å². The predicted octanol–water partition coefficient (Wildman–Crippen LogP) is 3.55. The van der Waals surface area contributed by atoms with E-state index in [0.717, 1.165) is 30.3 Å². The number of hydrogen-bond acceptors (Lipinski definition) is 3. The molecule has 142 valence electrons. The fourth-order valence-corrected chi connectivity index (χ4v) is 2.84. The van der Waals surface area contributed by atoms with Crippen LogP contribution in [0.1, 0.15) is 34.1 Å². The van der Waals surface area contributed by atoms with E-state index in [-0.39, 0.29) is 29.9 Å². The molecule has 1 aromatic heterocycles. The lowest BCUT2D eigenvalue weighted by Gasteiger charge is -2.11. The van der Waals surface area contributed by atoms with Gasteiger partial charge in [0, 0.05) is 19.6 Å². The molecule has 0 saturated carbocycles. The van der Waals surface area contributed by atoms with E-state index in [9.17, 15) is 4.79 Å². The van der Waals surface area contributed by atoms with Crippen LogP contribution >= 0.6 is 35.3 Å². The number of carbonyl (C=O) groups excluding carboxylic acids is 1. The molecule has 5 nitrogen and oxygen atoms in total. The lowest BCUT2D eigenvalue weighted by molar-refractivity contribution is 0.0957. The first-order chi connectivity index (χ1) is 12.2. The van der Waals surface area contributed by atoms with E-state index < -0.39 is 0 Å². The van der Waals surface area contributed by atoms with E-state index in [1.54, 1.807) is 0 Å². The van der Waals surface area contributed by atoms with Crippen molar-refractivity contribution in [2.45, 2.75) is 26.8 Å². The molecule has 26 heavy (non-hydrogen) atoms. The summed E-state index contributed by atoms with van der Waals surface area (Å²) in [5, 5.41) is 11.4. The van der Waals surface area contributed by atoms with Crippen LogP contribution in [0, 0.1) is 6.92 Å². The molecule has 1 aromatic carbocycles. The number of halogens is 1. The second-order valence-electron chi connectivity index (χ2n) is 5.69. The Kier molecular flexibility index (Phi) is 11.0. The van der Waals surface area contributed by atoms with E-state index in [4.69, 9.17) is 0 Å². The van der Waals surface area contributed by atoms with Gasteiger partial charge in [-0.3, -0.25) is 4.79 Å². The van der Waals surface area contributed by atoms with E-state index in [1.165, 1.54) is 22.5 Å². The summed E-state index contributed by atoms with van der Waals surface area (Å²) in [7, 11) is 0. The standard InChI is InChI=1S/C19H26N4OS.HI/c1-3-20-19(23-14-16-9-7-15(2)8-10-16)22-12-5-11-21-18(24)17-6-4-13-25-17;/h4,6-10,13H,3,5,11-12,14H2,1-2H3,(H,21,24)(H2,20,22,23);1H. The molecule has 0 bridgehead atoms. The first kappa shape index (κ1) is 22.4. The Labute approximate surface area is 176 Å². The first-order valence-electron chi connectivity index (χ1n) is 8.58. The Morgan fingerprint density at radius 3 is 2.46 bits per heavy atom. The van der Waals surface area contributed by atoms with Crippen LogP contribution in [0.5, 0.6) is 0 Å². The summed E-state index contributed by atoms with van der Waals surface area (Å²) in [6, 6.07) is 12.1. The second-order valence-corrected chi connectivity index (χ2v) is 6.64. The summed E-state index contributed by atoms with van der Waals surface area (Å²) < 4.78 is 0. The fraction of sp³-hybridized carbons (Fsp3) is 0.368. The fourth-order valence-electron chi connectivity index (χ4n) is 2.20. The van der Waals surface area contributed by atoms with E-state index in [2.05, 4.69) is 52.1 Å². The Morgan fingerprint density at radius 1 is 1.08 bits per heavy atom. The lowest BCUT2D eigenvalue weighted by atomic mass is 10.1. The van der Waals surface area contributed by atoms with Gasteiger partial charge in [0.1, 0.15) is 0 Å². The van der Waals surface area contributed by atoms with Crippen LogP contribution < -0.4 is 16.0 Å². The summed E-state index contributed by atoms with van der Waals surface area (Å²) in [4.78, 5) is 17.2. The zero-order valence-corrected chi connectivity index (χ0v) is 18.4. The minimum absolute atomic E-state index is 0. The summed E-state index contributed by atoms with van der Waals surface area (Å²) in [5.41, 5.74) is 2.44. The average Bonchev–Trinajstić information content (AvgIpc) is 3.15. The van der Waals surface area contributed by atoms with Gasteiger partial charge in [0.15, 0.2) is 5.96 Å². The zero-order chi connectivity index (χ0) is 17.9. The number of hydrogen-bond donors (Lipinski definition) is 3. The zero-order valence-electron chi connectivity index (χ0n) is 15.2. The molecule has 0 fully saturated rings. The summed E-state index contributed by atoms with van der Waals surface area (Å²) in [6.07, 6.45) is 0.839. The van der Waals surface area contributed by atoms with Crippen LogP contribution in [0.25, 0.3) is 0 Å². The van der Waals surface area contributed by atoms with Crippen molar-refractivity contribution in [1.29, 1.82) is 0 Å². The summed E-state index contributed by atoms with van der Waals surface area (Å²) in [5.74, 6) is 0.794. The number of aryl methyl sites for hydroxylation is 1. The van der Waals surface area contributed by atoms with Gasteiger partial charge >= 0.3 is 0 Å². The SMILES string of the molecule is CCNC(=NCc1ccc(C)cc1)NCCCNC(=O)c1cccs1.I. The minimum Gasteiger partial charge on any atom is -0.357 e. The Balaban J connectivity index is 0.00000338. The van der Waals surface area contributed by atoms with Crippen LogP contribution in [0.4, 0.5) is 0 Å². The first-order valence-corrected chi connectivity index (χ1v) is 9.46. The third kappa shape index (κ3) is 8.18. The number of nitrogens with zero attached hydrogens (tertiary/aromatic N) is 1. The monoisotopic (exact) mass is 486 g/mol. The maximum atomic E-state index is 11.8. The highest BCUT2D eigenvalue weighted by Crippen LogP contribution is 2.07. The van der Waals surface area contributed by atoms with Gasteiger partial charge in [0.25, 0.3) is 5.91 Å². The Bertz CT molecular complexity index is 671. The number of amides is 1. The molecular formula is C19H27IN4OS. The highest BCUT2D eigenvalue weighted by molar-refractivity contribution is 14.0. The number of thiophene rings is 1. The topological polar surface area (TPSA) is 65.5 Å². The van der Waals surface area contributed by atoms with E-state index >= 15 is 0 Å². The predicted molar refractivity (Wildman–Crippen MR) is 121 cm³/mol. The molecule has 0 unspecified atom stereocenters. The third-order valence-electron chi connectivity index (χ3n) is 3.56. The third-order valence-corrected chi connectivity index (χ3v) is 4.43. The number of guanidine groups is 1. The largest absolute Gasteiger partial charge is 0.357 e. The van der Waals surface area contributed by atoms with Crippen molar-refractivity contribution in [3.05, 3.63) is 57.8 Å². The number of carbonyl (C=O) groups is 1. The molecule has 1 heterocycles. The highest BCUT2D eigenvalue weighted by Gasteiger charge is 2.04. The van der Waals surface area contributed by atoms with Gasteiger partial charge in [-0.05, 0) is 37.3 Å². The molecule has 0 aliphatic rings. The van der Waals surface area contributed by atoms with Gasteiger partial charge < -0.3 is 16.0 Å². The highest BCUT2D eigenvalue weighted by atomic mass is 127. The molecule has 1 amide bonds. The van der Waals surface area contributed by atoms with Crippen molar-refractivity contribution in [1.82, 2.24) is 16.0 Å².